The van der Waals surface area contributed by atoms with E-state index in [1.54, 1.807) is 12.3 Å². The maximum atomic E-state index is 12.3. The number of carbonyl (C=O) groups excluding carboxylic acids is 1. The molecule has 0 saturated carbocycles. The van der Waals surface area contributed by atoms with Gasteiger partial charge in [0.15, 0.2) is 5.78 Å². The highest BCUT2D eigenvalue weighted by Gasteiger charge is 2.21. The van der Waals surface area contributed by atoms with Crippen molar-refractivity contribution in [2.45, 2.75) is 20.8 Å². The Bertz CT molecular complexity index is 643. The maximum absolute atomic E-state index is 12.3. The Balaban J connectivity index is 2.47. The van der Waals surface area contributed by atoms with E-state index in [0.717, 1.165) is 5.39 Å². The smallest absolute Gasteiger partial charge is 0.271 e. The zero-order valence-corrected chi connectivity index (χ0v) is 11.1. The molecule has 1 heterocycles. The lowest BCUT2D eigenvalue weighted by Gasteiger charge is -2.13. The van der Waals surface area contributed by atoms with Gasteiger partial charge in [-0.1, -0.05) is 20.8 Å². The van der Waals surface area contributed by atoms with Gasteiger partial charge in [0, 0.05) is 35.2 Å². The van der Waals surface area contributed by atoms with Crippen LogP contribution in [0.3, 0.4) is 0 Å². The monoisotopic (exact) mass is 260 g/mol. The molecule has 1 atom stereocenters. The molecule has 2 aromatic rings. The standard InChI is InChI=1S/C14H16N2O3/c1-8(2)9(3)14(17)12-7-15-13-6-10(16(18)19)4-5-11(12)13/h4-9,15H,1-3H3. The number of ketones is 1. The number of benzene rings is 1. The first kappa shape index (κ1) is 13.3. The fraction of sp³-hybridized carbons (Fsp3) is 0.357. The number of Topliss-reactive ketones (excluding diaryl/α,β-unsaturated/α-hetero) is 1. The number of H-pyrrole nitrogens is 1. The third-order valence-corrected chi connectivity index (χ3v) is 3.56. The van der Waals surface area contributed by atoms with Gasteiger partial charge in [-0.05, 0) is 12.0 Å². The molecule has 0 bridgehead atoms. The minimum Gasteiger partial charge on any atom is -0.360 e. The molecule has 1 N–H and O–H groups in total. The largest absolute Gasteiger partial charge is 0.360 e. The molecule has 5 heteroatoms. The minimum absolute atomic E-state index is 0.0188. The Kier molecular flexibility index (Phi) is 3.38. The molecular formula is C14H16N2O3. The topological polar surface area (TPSA) is 76.0 Å². The fourth-order valence-corrected chi connectivity index (χ4v) is 1.98. The molecule has 0 aliphatic carbocycles. The lowest BCUT2D eigenvalue weighted by Crippen LogP contribution is -2.16. The first-order valence-corrected chi connectivity index (χ1v) is 6.21. The molecule has 19 heavy (non-hydrogen) atoms. The summed E-state index contributed by atoms with van der Waals surface area (Å²) in [7, 11) is 0. The summed E-state index contributed by atoms with van der Waals surface area (Å²) in [6.07, 6.45) is 1.63. The van der Waals surface area contributed by atoms with E-state index in [2.05, 4.69) is 4.98 Å². The van der Waals surface area contributed by atoms with Crippen LogP contribution in [0.4, 0.5) is 5.69 Å². The highest BCUT2D eigenvalue weighted by atomic mass is 16.6. The molecule has 2 rings (SSSR count). The normalized spacial score (nSPS) is 12.8. The van der Waals surface area contributed by atoms with Crippen molar-refractivity contribution in [2.24, 2.45) is 11.8 Å². The van der Waals surface area contributed by atoms with E-state index >= 15 is 0 Å². The van der Waals surface area contributed by atoms with Crippen LogP contribution in [-0.2, 0) is 0 Å². The Morgan fingerprint density at radius 3 is 2.58 bits per heavy atom. The number of aromatic nitrogens is 1. The second-order valence-corrected chi connectivity index (χ2v) is 5.09. The first-order valence-electron chi connectivity index (χ1n) is 6.21. The summed E-state index contributed by atoms with van der Waals surface area (Å²) >= 11 is 0. The van der Waals surface area contributed by atoms with Gasteiger partial charge in [-0.3, -0.25) is 14.9 Å². The zero-order chi connectivity index (χ0) is 14.2. The van der Waals surface area contributed by atoms with Gasteiger partial charge in [0.2, 0.25) is 0 Å². The molecule has 100 valence electrons. The number of nitro benzene ring substituents is 1. The Morgan fingerprint density at radius 2 is 2.00 bits per heavy atom. The van der Waals surface area contributed by atoms with Crippen molar-refractivity contribution in [3.05, 3.63) is 40.1 Å². The molecule has 1 aromatic carbocycles. The van der Waals surface area contributed by atoms with Crippen LogP contribution in [0.1, 0.15) is 31.1 Å². The van der Waals surface area contributed by atoms with E-state index in [0.29, 0.717) is 11.1 Å². The summed E-state index contributed by atoms with van der Waals surface area (Å²) in [5, 5.41) is 11.4. The van der Waals surface area contributed by atoms with Crippen LogP contribution in [0.2, 0.25) is 0 Å². The number of nitrogens with zero attached hydrogens (tertiary/aromatic N) is 1. The molecule has 0 saturated heterocycles. The number of fused-ring (bicyclic) bond motifs is 1. The highest BCUT2D eigenvalue weighted by Crippen LogP contribution is 2.26. The van der Waals surface area contributed by atoms with Gasteiger partial charge in [0.25, 0.3) is 5.69 Å². The molecule has 1 aromatic heterocycles. The van der Waals surface area contributed by atoms with Crippen LogP contribution in [0.15, 0.2) is 24.4 Å². The molecule has 5 nitrogen and oxygen atoms in total. The number of nitro groups is 1. The Hall–Kier alpha value is -2.17. The highest BCUT2D eigenvalue weighted by molar-refractivity contribution is 6.09. The first-order chi connectivity index (χ1) is 8.91. The van der Waals surface area contributed by atoms with E-state index in [1.165, 1.54) is 12.1 Å². The van der Waals surface area contributed by atoms with Crippen molar-refractivity contribution in [1.82, 2.24) is 4.98 Å². The SMILES string of the molecule is CC(C)C(C)C(=O)c1c[nH]c2cc([N+](=O)[O-])ccc12. The molecule has 0 aliphatic heterocycles. The van der Waals surface area contributed by atoms with Crippen molar-refractivity contribution >= 4 is 22.4 Å². The van der Waals surface area contributed by atoms with E-state index in [-0.39, 0.29) is 23.3 Å². The van der Waals surface area contributed by atoms with Crippen molar-refractivity contribution in [3.8, 4) is 0 Å². The molecular weight excluding hydrogens is 244 g/mol. The van der Waals surface area contributed by atoms with Crippen molar-refractivity contribution in [3.63, 3.8) is 0 Å². The van der Waals surface area contributed by atoms with Gasteiger partial charge in [-0.2, -0.15) is 0 Å². The van der Waals surface area contributed by atoms with Crippen molar-refractivity contribution in [1.29, 1.82) is 0 Å². The molecule has 0 amide bonds. The molecule has 1 unspecified atom stereocenters. The summed E-state index contributed by atoms with van der Waals surface area (Å²) in [5.41, 5.74) is 1.24. The van der Waals surface area contributed by atoms with E-state index < -0.39 is 4.92 Å². The third kappa shape index (κ3) is 2.36. The Morgan fingerprint density at radius 1 is 1.32 bits per heavy atom. The second kappa shape index (κ2) is 4.84. The van der Waals surface area contributed by atoms with E-state index in [4.69, 9.17) is 0 Å². The molecule has 0 aliphatic rings. The van der Waals surface area contributed by atoms with Gasteiger partial charge in [-0.15, -0.1) is 0 Å². The molecule has 0 spiro atoms. The van der Waals surface area contributed by atoms with E-state index in [1.807, 2.05) is 20.8 Å². The van der Waals surface area contributed by atoms with Gasteiger partial charge in [0.1, 0.15) is 0 Å². The van der Waals surface area contributed by atoms with Crippen molar-refractivity contribution < 1.29 is 9.72 Å². The minimum atomic E-state index is -0.446. The van der Waals surface area contributed by atoms with Crippen LogP contribution < -0.4 is 0 Å². The summed E-state index contributed by atoms with van der Waals surface area (Å²) in [6, 6.07) is 4.50. The van der Waals surface area contributed by atoms with Crippen molar-refractivity contribution in [2.75, 3.05) is 0 Å². The summed E-state index contributed by atoms with van der Waals surface area (Å²) in [5.74, 6) is 0.250. The fourth-order valence-electron chi connectivity index (χ4n) is 1.98. The summed E-state index contributed by atoms with van der Waals surface area (Å²) in [4.78, 5) is 25.5. The molecule has 0 fully saturated rings. The predicted octanol–water partition coefficient (Wildman–Crippen LogP) is 3.55. The zero-order valence-electron chi connectivity index (χ0n) is 11.1. The lowest BCUT2D eigenvalue weighted by molar-refractivity contribution is -0.384. The van der Waals surface area contributed by atoms with Crippen LogP contribution in [0.5, 0.6) is 0 Å². The number of aromatic amines is 1. The average Bonchev–Trinajstić information content (AvgIpc) is 2.79. The molecule has 0 radical (unpaired) electrons. The number of nitrogens with one attached hydrogen (secondary N) is 1. The van der Waals surface area contributed by atoms with Crippen LogP contribution in [0, 0.1) is 22.0 Å². The second-order valence-electron chi connectivity index (χ2n) is 5.09. The summed E-state index contributed by atoms with van der Waals surface area (Å²) < 4.78 is 0. The number of rotatable bonds is 4. The number of carbonyl (C=O) groups is 1. The van der Waals surface area contributed by atoms with Gasteiger partial charge in [-0.25, -0.2) is 0 Å². The maximum Gasteiger partial charge on any atom is 0.271 e. The quantitative estimate of drug-likeness (QED) is 0.519. The summed E-state index contributed by atoms with van der Waals surface area (Å²) in [6.45, 7) is 5.90. The number of hydrogen-bond acceptors (Lipinski definition) is 3. The third-order valence-electron chi connectivity index (χ3n) is 3.56. The van der Waals surface area contributed by atoms with Crippen LogP contribution in [-0.4, -0.2) is 15.7 Å². The van der Waals surface area contributed by atoms with Crippen LogP contribution in [0.25, 0.3) is 10.9 Å². The van der Waals surface area contributed by atoms with Gasteiger partial charge in [0.05, 0.1) is 10.4 Å². The van der Waals surface area contributed by atoms with E-state index in [9.17, 15) is 14.9 Å². The number of hydrogen-bond donors (Lipinski definition) is 1. The Labute approximate surface area is 110 Å². The van der Waals surface area contributed by atoms with Gasteiger partial charge < -0.3 is 4.98 Å². The average molecular weight is 260 g/mol. The van der Waals surface area contributed by atoms with Crippen LogP contribution >= 0.6 is 0 Å². The number of non-ortho nitro benzene ring substituents is 1. The van der Waals surface area contributed by atoms with Gasteiger partial charge >= 0.3 is 0 Å². The predicted molar refractivity (Wildman–Crippen MR) is 73.3 cm³/mol. The lowest BCUT2D eigenvalue weighted by atomic mass is 9.89.